The Balaban J connectivity index is 4.06. The van der Waals surface area contributed by atoms with Crippen LogP contribution in [0.2, 0.25) is 0 Å². The van der Waals surface area contributed by atoms with Gasteiger partial charge in [0, 0.05) is 5.75 Å². The van der Waals surface area contributed by atoms with Crippen molar-refractivity contribution >= 4 is 18.8 Å². The van der Waals surface area contributed by atoms with Gasteiger partial charge < -0.3 is 25.2 Å². The summed E-state index contributed by atoms with van der Waals surface area (Å²) in [6, 6.07) is 0. The van der Waals surface area contributed by atoms with Crippen molar-refractivity contribution in [3.8, 4) is 0 Å². The first-order valence-electron chi connectivity index (χ1n) is 3.71. The summed E-state index contributed by atoms with van der Waals surface area (Å²) >= 11 is 0.534. The highest BCUT2D eigenvalue weighted by Gasteiger charge is 2.29. The number of aliphatic hydroxyl groups is 4. The molecule has 12 heavy (non-hydrogen) atoms. The highest BCUT2D eigenvalue weighted by atomic mass is 32.1. The summed E-state index contributed by atoms with van der Waals surface area (Å²) in [5, 5.41) is 36.0. The molecule has 0 amide bonds. The predicted octanol–water partition coefficient (Wildman–Crippen LogP) is -2.44. The Morgan fingerprint density at radius 2 is 1.92 bits per heavy atom. The molecule has 4 N–H and O–H groups in total. The summed E-state index contributed by atoms with van der Waals surface area (Å²) in [5.74, 6) is -0.107. The van der Waals surface area contributed by atoms with Gasteiger partial charge in [0.15, 0.2) is 6.29 Å². The summed E-state index contributed by atoms with van der Waals surface area (Å²) in [6.07, 6.45) is -6.35. The van der Waals surface area contributed by atoms with Gasteiger partial charge in [-0.25, -0.2) is 0 Å². The lowest BCUT2D eigenvalue weighted by Gasteiger charge is -2.22. The summed E-state index contributed by atoms with van der Waals surface area (Å²) in [4.78, 5) is 9.99. The van der Waals surface area contributed by atoms with Crippen LogP contribution >= 0.6 is 12.5 Å². The smallest absolute Gasteiger partial charge is 0.151 e. The predicted molar refractivity (Wildman–Crippen MR) is 43.9 cm³/mol. The van der Waals surface area contributed by atoms with Crippen LogP contribution in [0.4, 0.5) is 0 Å². The Bertz CT molecular complexity index is 158. The van der Waals surface area contributed by atoms with E-state index in [1.165, 1.54) is 0 Å². The second kappa shape index (κ2) is 5.50. The number of hydrogen-bond donors (Lipinski definition) is 5. The molecule has 0 aliphatic rings. The summed E-state index contributed by atoms with van der Waals surface area (Å²) in [5.41, 5.74) is 0. The molecule has 0 aromatic heterocycles. The van der Waals surface area contributed by atoms with Crippen molar-refractivity contribution in [3.63, 3.8) is 0 Å². The van der Waals surface area contributed by atoms with Crippen molar-refractivity contribution in [1.82, 2.24) is 0 Å². The van der Waals surface area contributed by atoms with E-state index >= 15 is 0 Å². The van der Waals surface area contributed by atoms with Crippen LogP contribution in [0.15, 0.2) is 0 Å². The van der Waals surface area contributed by atoms with Crippen LogP contribution in [0, 0.1) is 0 Å². The molecule has 0 spiro atoms. The molecule has 0 aliphatic carbocycles. The van der Waals surface area contributed by atoms with E-state index in [-0.39, 0.29) is 12.0 Å². The number of hydrogen-bond acceptors (Lipinski definition) is 6. The zero-order valence-corrected chi connectivity index (χ0v) is 7.02. The first-order valence-corrected chi connectivity index (χ1v) is 3.88. The van der Waals surface area contributed by atoms with Crippen LogP contribution in [-0.4, -0.2) is 58.0 Å². The molecule has 0 fully saturated rings. The average molecular weight is 197 g/mol. The van der Waals surface area contributed by atoms with Crippen LogP contribution in [0.3, 0.4) is 0 Å². The Morgan fingerprint density at radius 1 is 1.33 bits per heavy atom. The Hall–Kier alpha value is -0.140. The van der Waals surface area contributed by atoms with Crippen LogP contribution in [0.1, 0.15) is 0 Å². The number of carbonyl (C=O) groups excluding carboxylic acids is 1. The summed E-state index contributed by atoms with van der Waals surface area (Å²) < 4.78 is 6.65. The molecule has 72 valence electrons. The van der Waals surface area contributed by atoms with Gasteiger partial charge in [-0.15, -0.1) is 0 Å². The zero-order valence-electron chi connectivity index (χ0n) is 7.20. The number of aldehydes is 1. The van der Waals surface area contributed by atoms with E-state index in [9.17, 15) is 4.79 Å². The lowest BCUT2D eigenvalue weighted by molar-refractivity contribution is -0.132. The normalized spacial score (nSPS) is 22.2. The van der Waals surface area contributed by atoms with Gasteiger partial charge >= 0.3 is 0 Å². The molecule has 4 atom stereocenters. The SMILES string of the molecule is [2H]SC[C@@H](O)[C@@H](O)[C@H](O)[C@@H](O)C=O. The molecule has 6 heteroatoms. The standard InChI is InChI=1S/C6H12O5S/c7-1-3(8)5(10)6(11)4(9)2-12/h1,3-6,8-12H,2H2/t3-,4+,5+,6+/m0/s1/i/hD. The maximum atomic E-state index is 9.99. The number of carbonyl (C=O) groups is 1. The van der Waals surface area contributed by atoms with Crippen LogP contribution in [-0.2, 0) is 4.79 Å². The van der Waals surface area contributed by atoms with Crippen molar-refractivity contribution in [2.45, 2.75) is 24.4 Å². The third-order valence-electron chi connectivity index (χ3n) is 1.40. The number of thiol groups is 1. The van der Waals surface area contributed by atoms with Gasteiger partial charge in [0.05, 0.1) is 6.10 Å². The van der Waals surface area contributed by atoms with Gasteiger partial charge in [-0.1, -0.05) is 0 Å². The second-order valence-corrected chi connectivity index (χ2v) is 2.68. The van der Waals surface area contributed by atoms with Gasteiger partial charge in [-0.05, 0) is 0 Å². The van der Waals surface area contributed by atoms with Gasteiger partial charge in [0.1, 0.15) is 19.4 Å². The molecule has 0 aromatic carbocycles. The van der Waals surface area contributed by atoms with Crippen LogP contribution in [0.25, 0.3) is 0 Å². The Morgan fingerprint density at radius 3 is 2.33 bits per heavy atom. The van der Waals surface area contributed by atoms with E-state index in [1.807, 2.05) is 0 Å². The largest absolute Gasteiger partial charge is 0.389 e. The fraction of sp³-hybridized carbons (Fsp3) is 0.833. The summed E-state index contributed by atoms with van der Waals surface area (Å²) in [7, 11) is 0. The topological polar surface area (TPSA) is 98.0 Å². The molecule has 0 bridgehead atoms. The third kappa shape index (κ3) is 3.08. The van der Waals surface area contributed by atoms with Gasteiger partial charge in [0.25, 0.3) is 0 Å². The fourth-order valence-electron chi connectivity index (χ4n) is 0.609. The Labute approximate surface area is 76.1 Å². The fourth-order valence-corrected chi connectivity index (χ4v) is 0.806. The van der Waals surface area contributed by atoms with Gasteiger partial charge in [0.2, 0.25) is 0 Å². The van der Waals surface area contributed by atoms with E-state index in [0.29, 0.717) is 12.5 Å². The molecule has 0 saturated heterocycles. The molecule has 0 heterocycles. The first-order chi connectivity index (χ1) is 6.04. The van der Waals surface area contributed by atoms with Crippen molar-refractivity contribution in [2.75, 3.05) is 5.75 Å². The maximum absolute atomic E-state index is 9.99. The average Bonchev–Trinajstić information content (AvgIpc) is 2.14. The van der Waals surface area contributed by atoms with E-state index in [4.69, 9.17) is 21.5 Å². The molecular formula is C6H12O5S. The molecule has 0 aliphatic heterocycles. The van der Waals surface area contributed by atoms with E-state index in [1.54, 1.807) is 0 Å². The molecule has 0 radical (unpaired) electrons. The zero-order chi connectivity index (χ0) is 10.4. The minimum Gasteiger partial charge on any atom is -0.389 e. The number of rotatable bonds is 6. The van der Waals surface area contributed by atoms with Crippen molar-refractivity contribution in [1.29, 1.82) is 1.12 Å². The lowest BCUT2D eigenvalue weighted by Crippen LogP contribution is -2.45. The third-order valence-corrected chi connectivity index (χ3v) is 1.75. The van der Waals surface area contributed by atoms with Crippen molar-refractivity contribution in [3.05, 3.63) is 0 Å². The lowest BCUT2D eigenvalue weighted by atomic mass is 10.1. The second-order valence-electron chi connectivity index (χ2n) is 2.34. The minimum absolute atomic E-state index is 0.0639. The molecule has 0 saturated carbocycles. The van der Waals surface area contributed by atoms with Crippen LogP contribution < -0.4 is 0 Å². The highest BCUT2D eigenvalue weighted by molar-refractivity contribution is 7.80. The number of aliphatic hydroxyl groups excluding tert-OH is 4. The van der Waals surface area contributed by atoms with E-state index < -0.39 is 24.4 Å². The molecule has 0 rings (SSSR count). The Kier molecular flexibility index (Phi) is 4.55. The molecular weight excluding hydrogens is 184 g/mol. The van der Waals surface area contributed by atoms with Gasteiger partial charge in [-0.3, -0.25) is 0 Å². The first kappa shape index (κ1) is 9.94. The molecule has 5 nitrogen and oxygen atoms in total. The van der Waals surface area contributed by atoms with Gasteiger partial charge in [-0.2, -0.15) is 12.5 Å². The van der Waals surface area contributed by atoms with Crippen molar-refractivity contribution < 1.29 is 25.2 Å². The summed E-state index contributed by atoms with van der Waals surface area (Å²) in [6.45, 7) is 0. The molecule has 0 aromatic rings. The highest BCUT2D eigenvalue weighted by Crippen LogP contribution is 2.04. The minimum atomic E-state index is -1.72. The van der Waals surface area contributed by atoms with Crippen LogP contribution in [0.5, 0.6) is 0 Å². The maximum Gasteiger partial charge on any atom is 0.151 e. The van der Waals surface area contributed by atoms with Crippen molar-refractivity contribution in [2.24, 2.45) is 0 Å². The van der Waals surface area contributed by atoms with E-state index in [2.05, 4.69) is 0 Å². The van der Waals surface area contributed by atoms with E-state index in [0.717, 1.165) is 0 Å². The quantitative estimate of drug-likeness (QED) is 0.241. The molecule has 0 unspecified atom stereocenters. The monoisotopic (exact) mass is 197 g/mol.